The third-order valence-electron chi connectivity index (χ3n) is 4.79. The van der Waals surface area contributed by atoms with Gasteiger partial charge in [0.2, 0.25) is 0 Å². The van der Waals surface area contributed by atoms with Gasteiger partial charge in [0, 0.05) is 13.8 Å². The maximum Gasteiger partial charge on any atom is 0.351 e. The summed E-state index contributed by atoms with van der Waals surface area (Å²) in [6, 6.07) is 5.71. The minimum atomic E-state index is -4.44. The highest BCUT2D eigenvalue weighted by Crippen LogP contribution is 2.35. The standard InChI is InChI=1S/C20H22FN3O9S/c1-10-4-6-13(7-5-10)34(28,29)33-16-15(9-30-11(2)25)32-19(17(16)31-12(3)26)24-8-14(21)18(22)23-20(24)27/h4-8,15-17,19H,9H2,1-3H3,(H2,22,23,27)/t15-,16+,17-,19-/m1/s1. The lowest BCUT2D eigenvalue weighted by atomic mass is 10.1. The highest BCUT2D eigenvalue weighted by atomic mass is 32.2. The Morgan fingerprint density at radius 2 is 1.82 bits per heavy atom. The molecule has 4 atom stereocenters. The number of nitrogen functional groups attached to an aromatic ring is 1. The number of nitrogens with zero attached hydrogens (tertiary/aromatic N) is 2. The number of nitrogens with two attached hydrogens (primary N) is 1. The molecule has 0 aliphatic carbocycles. The van der Waals surface area contributed by atoms with Crippen molar-refractivity contribution in [3.05, 3.63) is 52.3 Å². The lowest BCUT2D eigenvalue weighted by molar-refractivity contribution is -0.155. The Morgan fingerprint density at radius 1 is 1.18 bits per heavy atom. The minimum absolute atomic E-state index is 0.202. The van der Waals surface area contributed by atoms with Gasteiger partial charge < -0.3 is 19.9 Å². The summed E-state index contributed by atoms with van der Waals surface area (Å²) in [4.78, 5) is 38.6. The SMILES string of the molecule is CC(=O)OC[C@H]1O[C@@H](n2cc(F)c(N)nc2=O)[C@H](OC(C)=O)[C@H]1OS(=O)(=O)c1ccc(C)cc1. The highest BCUT2D eigenvalue weighted by Gasteiger charge is 2.51. The van der Waals surface area contributed by atoms with E-state index in [-0.39, 0.29) is 4.90 Å². The number of aryl methyl sites for hydroxylation is 1. The molecule has 0 saturated carbocycles. The van der Waals surface area contributed by atoms with Gasteiger partial charge >= 0.3 is 17.6 Å². The fraction of sp³-hybridized carbons (Fsp3) is 0.400. The molecule has 12 nitrogen and oxygen atoms in total. The van der Waals surface area contributed by atoms with E-state index in [4.69, 9.17) is 24.1 Å². The van der Waals surface area contributed by atoms with Gasteiger partial charge in [-0.05, 0) is 19.1 Å². The van der Waals surface area contributed by atoms with Crippen LogP contribution >= 0.6 is 0 Å². The number of halogens is 1. The summed E-state index contributed by atoms with van der Waals surface area (Å²) in [5.41, 5.74) is 5.05. The van der Waals surface area contributed by atoms with Crippen LogP contribution in [0.4, 0.5) is 10.2 Å². The lowest BCUT2D eigenvalue weighted by Crippen LogP contribution is -2.42. The second-order valence-corrected chi connectivity index (χ2v) is 9.01. The molecule has 184 valence electrons. The summed E-state index contributed by atoms with van der Waals surface area (Å²) in [7, 11) is -4.44. The number of hydrogen-bond donors (Lipinski definition) is 1. The van der Waals surface area contributed by atoms with Gasteiger partial charge in [0.05, 0.1) is 11.1 Å². The number of carbonyl (C=O) groups excluding carboxylic acids is 2. The van der Waals surface area contributed by atoms with Crippen molar-refractivity contribution in [2.24, 2.45) is 0 Å². The molecule has 0 unspecified atom stereocenters. The first-order chi connectivity index (χ1) is 15.9. The normalized spacial score (nSPS) is 22.4. The van der Waals surface area contributed by atoms with E-state index in [1.807, 2.05) is 0 Å². The molecule has 1 aromatic carbocycles. The van der Waals surface area contributed by atoms with Crippen LogP contribution in [0, 0.1) is 12.7 Å². The van der Waals surface area contributed by atoms with E-state index in [1.165, 1.54) is 12.1 Å². The number of anilines is 1. The molecular weight excluding hydrogens is 477 g/mol. The second-order valence-electron chi connectivity index (χ2n) is 7.43. The van der Waals surface area contributed by atoms with Crippen molar-refractivity contribution >= 4 is 27.9 Å². The van der Waals surface area contributed by atoms with Gasteiger partial charge in [0.1, 0.15) is 18.8 Å². The molecule has 0 radical (unpaired) electrons. The first-order valence-electron chi connectivity index (χ1n) is 9.89. The molecule has 1 aliphatic rings. The molecule has 14 heteroatoms. The molecule has 1 aromatic heterocycles. The Hall–Kier alpha value is -3.36. The van der Waals surface area contributed by atoms with Gasteiger partial charge in [-0.15, -0.1) is 0 Å². The molecule has 1 fully saturated rings. The van der Waals surface area contributed by atoms with Crippen LogP contribution in [0.2, 0.25) is 0 Å². The van der Waals surface area contributed by atoms with Crippen molar-refractivity contribution in [1.82, 2.24) is 9.55 Å². The Morgan fingerprint density at radius 3 is 2.41 bits per heavy atom. The molecule has 0 amide bonds. The van der Waals surface area contributed by atoms with Crippen LogP contribution in [0.25, 0.3) is 0 Å². The predicted molar refractivity (Wildman–Crippen MR) is 112 cm³/mol. The van der Waals surface area contributed by atoms with Gasteiger partial charge in [0.15, 0.2) is 24.0 Å². The first kappa shape index (κ1) is 25.3. The Balaban J connectivity index is 2.05. The number of aromatic nitrogens is 2. The number of esters is 2. The fourth-order valence-electron chi connectivity index (χ4n) is 3.25. The molecule has 34 heavy (non-hydrogen) atoms. The van der Waals surface area contributed by atoms with E-state index in [0.29, 0.717) is 10.8 Å². The monoisotopic (exact) mass is 499 g/mol. The van der Waals surface area contributed by atoms with E-state index in [9.17, 15) is 27.2 Å². The third kappa shape index (κ3) is 5.58. The van der Waals surface area contributed by atoms with Crippen molar-refractivity contribution in [1.29, 1.82) is 0 Å². The van der Waals surface area contributed by atoms with E-state index in [1.54, 1.807) is 19.1 Å². The number of rotatable bonds is 7. The Labute approximate surface area is 193 Å². The van der Waals surface area contributed by atoms with Crippen molar-refractivity contribution in [2.75, 3.05) is 12.3 Å². The smallest absolute Gasteiger partial charge is 0.351 e. The van der Waals surface area contributed by atoms with Crippen LogP contribution in [0.1, 0.15) is 25.6 Å². The van der Waals surface area contributed by atoms with Gasteiger partial charge in [0.25, 0.3) is 10.1 Å². The van der Waals surface area contributed by atoms with E-state index >= 15 is 0 Å². The van der Waals surface area contributed by atoms with Gasteiger partial charge in [-0.1, -0.05) is 17.7 Å². The number of benzene rings is 1. The molecule has 2 N–H and O–H groups in total. The molecule has 2 aromatic rings. The van der Waals surface area contributed by atoms with Crippen LogP contribution in [-0.2, 0) is 38.1 Å². The lowest BCUT2D eigenvalue weighted by Gasteiger charge is -2.24. The number of hydrogen-bond acceptors (Lipinski definition) is 11. The summed E-state index contributed by atoms with van der Waals surface area (Å²) < 4.78 is 61.8. The molecule has 0 bridgehead atoms. The molecule has 1 aliphatic heterocycles. The first-order valence-corrected chi connectivity index (χ1v) is 11.3. The molecule has 0 spiro atoms. The average molecular weight is 499 g/mol. The van der Waals surface area contributed by atoms with Crippen molar-refractivity contribution in [2.45, 2.75) is 50.2 Å². The summed E-state index contributed by atoms with van der Waals surface area (Å²) in [5.74, 6) is -3.33. The minimum Gasteiger partial charge on any atom is -0.463 e. The highest BCUT2D eigenvalue weighted by molar-refractivity contribution is 7.86. The Bertz CT molecular complexity index is 1250. The van der Waals surface area contributed by atoms with E-state index < -0.39 is 70.5 Å². The van der Waals surface area contributed by atoms with Crippen LogP contribution < -0.4 is 11.4 Å². The zero-order chi connectivity index (χ0) is 25.2. The number of ether oxygens (including phenoxy) is 3. The fourth-order valence-corrected chi connectivity index (χ4v) is 4.35. The summed E-state index contributed by atoms with van der Waals surface area (Å²) in [6.45, 7) is 3.39. The van der Waals surface area contributed by atoms with Gasteiger partial charge in [-0.25, -0.2) is 9.18 Å². The predicted octanol–water partition coefficient (Wildman–Crippen LogP) is 0.439. The molecule has 3 rings (SSSR count). The quantitative estimate of drug-likeness (QED) is 0.415. The topological polar surface area (TPSA) is 166 Å². The molecular formula is C20H22FN3O9S. The largest absolute Gasteiger partial charge is 0.463 e. The zero-order valence-electron chi connectivity index (χ0n) is 18.3. The maximum atomic E-state index is 14.1. The summed E-state index contributed by atoms with van der Waals surface area (Å²) in [5, 5.41) is 0. The molecule has 1 saturated heterocycles. The molecule has 2 heterocycles. The Kier molecular flexibility index (Phi) is 7.33. The van der Waals surface area contributed by atoms with Crippen molar-refractivity contribution in [3.8, 4) is 0 Å². The summed E-state index contributed by atoms with van der Waals surface area (Å²) >= 11 is 0. The van der Waals surface area contributed by atoms with Crippen molar-refractivity contribution in [3.63, 3.8) is 0 Å². The van der Waals surface area contributed by atoms with Crippen LogP contribution in [0.3, 0.4) is 0 Å². The van der Waals surface area contributed by atoms with Crippen LogP contribution in [-0.4, -0.2) is 54.8 Å². The van der Waals surface area contributed by atoms with Crippen molar-refractivity contribution < 1.29 is 40.8 Å². The van der Waals surface area contributed by atoms with Gasteiger partial charge in [-0.3, -0.25) is 18.3 Å². The second kappa shape index (κ2) is 9.87. The summed E-state index contributed by atoms with van der Waals surface area (Å²) in [6.07, 6.45) is -5.37. The maximum absolute atomic E-state index is 14.1. The van der Waals surface area contributed by atoms with Gasteiger partial charge in [-0.2, -0.15) is 13.4 Å². The average Bonchev–Trinajstić information content (AvgIpc) is 3.05. The van der Waals surface area contributed by atoms with Crippen LogP contribution in [0.5, 0.6) is 0 Å². The third-order valence-corrected chi connectivity index (χ3v) is 6.12. The van der Waals surface area contributed by atoms with E-state index in [2.05, 4.69) is 4.98 Å². The van der Waals surface area contributed by atoms with E-state index in [0.717, 1.165) is 19.4 Å². The number of carbonyl (C=O) groups is 2. The van der Waals surface area contributed by atoms with Crippen LogP contribution in [0.15, 0.2) is 40.2 Å². The zero-order valence-corrected chi connectivity index (χ0v) is 19.2.